The first-order valence-corrected chi connectivity index (χ1v) is 3.48. The van der Waals surface area contributed by atoms with Crippen LogP contribution >= 0.6 is 0 Å². The Hall–Kier alpha value is -1.06. The SMILES string of the molecule is C=C[B]N1C(=O)CC(C)C1=O. The van der Waals surface area contributed by atoms with Gasteiger partial charge in [0.1, 0.15) is 0 Å². The van der Waals surface area contributed by atoms with Crippen molar-refractivity contribution in [3.63, 3.8) is 0 Å². The van der Waals surface area contributed by atoms with Crippen LogP contribution in [-0.4, -0.2) is 24.0 Å². The molecule has 1 unspecified atom stereocenters. The summed E-state index contributed by atoms with van der Waals surface area (Å²) in [5.41, 5.74) is 0. The molecule has 0 spiro atoms. The van der Waals surface area contributed by atoms with E-state index in [0.29, 0.717) is 6.42 Å². The lowest BCUT2D eigenvalue weighted by Crippen LogP contribution is -2.32. The highest BCUT2D eigenvalue weighted by molar-refractivity contribution is 6.48. The summed E-state index contributed by atoms with van der Waals surface area (Å²) in [5.74, 6) is 1.00. The highest BCUT2D eigenvalue weighted by Crippen LogP contribution is 2.17. The molecule has 57 valence electrons. The molecule has 0 bridgehead atoms. The van der Waals surface area contributed by atoms with Crippen LogP contribution in [-0.2, 0) is 9.59 Å². The van der Waals surface area contributed by atoms with Crippen molar-refractivity contribution in [2.75, 3.05) is 0 Å². The Morgan fingerprint density at radius 1 is 1.73 bits per heavy atom. The van der Waals surface area contributed by atoms with Gasteiger partial charge in [-0.2, -0.15) is 0 Å². The fraction of sp³-hybridized carbons (Fsp3) is 0.429. The third kappa shape index (κ3) is 1.34. The van der Waals surface area contributed by atoms with Crippen LogP contribution in [0.3, 0.4) is 0 Å². The smallest absolute Gasteiger partial charge is 0.290 e. The maximum atomic E-state index is 11.1. The summed E-state index contributed by atoms with van der Waals surface area (Å²) >= 11 is 0. The van der Waals surface area contributed by atoms with Gasteiger partial charge in [-0.15, -0.1) is 12.6 Å². The monoisotopic (exact) mass is 150 g/mol. The summed E-state index contributed by atoms with van der Waals surface area (Å²) in [7, 11) is 1.41. The number of hydrogen-bond acceptors (Lipinski definition) is 2. The van der Waals surface area contributed by atoms with Gasteiger partial charge in [-0.1, -0.05) is 6.92 Å². The van der Waals surface area contributed by atoms with Gasteiger partial charge in [0.2, 0.25) is 11.8 Å². The Morgan fingerprint density at radius 3 is 2.73 bits per heavy atom. The van der Waals surface area contributed by atoms with Gasteiger partial charge >= 0.3 is 0 Å². The first-order chi connectivity index (χ1) is 5.16. The summed E-state index contributed by atoms with van der Waals surface area (Å²) in [6.07, 6.45) is 0.323. The van der Waals surface area contributed by atoms with Crippen LogP contribution in [0.25, 0.3) is 0 Å². The minimum absolute atomic E-state index is 0.130. The van der Waals surface area contributed by atoms with E-state index < -0.39 is 0 Å². The Labute approximate surface area is 66.3 Å². The number of imide groups is 1. The molecule has 2 amide bonds. The standard InChI is InChI=1S/C7H9BNO2/c1-3-8-9-6(10)4-5(2)7(9)11/h3,5H,1,4H2,2H3. The number of carbonyl (C=O) groups excluding carboxylic acids is 2. The molecule has 1 fully saturated rings. The molecule has 0 saturated carbocycles. The van der Waals surface area contributed by atoms with Gasteiger partial charge in [-0.25, -0.2) is 0 Å². The van der Waals surface area contributed by atoms with Crippen LogP contribution < -0.4 is 0 Å². The van der Waals surface area contributed by atoms with E-state index in [9.17, 15) is 9.59 Å². The van der Waals surface area contributed by atoms with Crippen molar-refractivity contribution < 1.29 is 9.59 Å². The van der Waals surface area contributed by atoms with Crippen molar-refractivity contribution in [2.24, 2.45) is 5.92 Å². The molecule has 1 aliphatic rings. The van der Waals surface area contributed by atoms with Gasteiger partial charge in [0.05, 0.1) is 0 Å². The molecule has 1 rings (SSSR count). The first-order valence-electron chi connectivity index (χ1n) is 3.48. The molecule has 0 aromatic rings. The van der Waals surface area contributed by atoms with Gasteiger partial charge in [0, 0.05) is 12.3 Å². The topological polar surface area (TPSA) is 37.4 Å². The predicted octanol–water partition coefficient (Wildman–Crippen LogP) is 0.144. The molecule has 0 N–H and O–H groups in total. The van der Waals surface area contributed by atoms with Crippen LogP contribution in [0.2, 0.25) is 0 Å². The lowest BCUT2D eigenvalue weighted by Gasteiger charge is -2.09. The summed E-state index contributed by atoms with van der Waals surface area (Å²) < 4.78 is 0. The van der Waals surface area contributed by atoms with E-state index in [0.717, 1.165) is 4.81 Å². The summed E-state index contributed by atoms with van der Waals surface area (Å²) in [5, 5.41) is 0. The van der Waals surface area contributed by atoms with Crippen molar-refractivity contribution in [3.05, 3.63) is 12.6 Å². The zero-order chi connectivity index (χ0) is 8.43. The molecule has 0 aliphatic carbocycles. The van der Waals surface area contributed by atoms with Gasteiger partial charge in [-0.05, 0) is 0 Å². The van der Waals surface area contributed by atoms with E-state index in [1.54, 1.807) is 6.92 Å². The molecule has 1 saturated heterocycles. The van der Waals surface area contributed by atoms with Crippen molar-refractivity contribution in [1.29, 1.82) is 0 Å². The van der Waals surface area contributed by atoms with Crippen LogP contribution in [0.5, 0.6) is 0 Å². The van der Waals surface area contributed by atoms with E-state index in [4.69, 9.17) is 0 Å². The van der Waals surface area contributed by atoms with Crippen LogP contribution in [0.4, 0.5) is 0 Å². The highest BCUT2D eigenvalue weighted by atomic mass is 16.2. The summed E-state index contributed by atoms with van der Waals surface area (Å²) in [6, 6.07) is 0. The quantitative estimate of drug-likeness (QED) is 0.414. The lowest BCUT2D eigenvalue weighted by molar-refractivity contribution is -0.133. The summed E-state index contributed by atoms with van der Waals surface area (Å²) in [4.78, 5) is 23.3. The number of amides is 2. The van der Waals surface area contributed by atoms with Gasteiger partial charge in [-0.3, -0.25) is 9.59 Å². The third-order valence-corrected chi connectivity index (χ3v) is 1.66. The fourth-order valence-electron chi connectivity index (χ4n) is 1.07. The molecule has 1 aliphatic heterocycles. The summed E-state index contributed by atoms with van der Waals surface area (Å²) in [6.45, 7) is 5.16. The molecule has 11 heavy (non-hydrogen) atoms. The zero-order valence-electron chi connectivity index (χ0n) is 6.41. The molecule has 1 atom stereocenters. The largest absolute Gasteiger partial charge is 0.329 e. The van der Waals surface area contributed by atoms with E-state index >= 15 is 0 Å². The second-order valence-corrected chi connectivity index (χ2v) is 2.59. The Morgan fingerprint density at radius 2 is 2.36 bits per heavy atom. The van der Waals surface area contributed by atoms with E-state index in [2.05, 4.69) is 6.58 Å². The van der Waals surface area contributed by atoms with Gasteiger partial charge in [0.15, 0.2) is 0 Å². The molecular formula is C7H9BNO2. The Balaban J connectivity index is 2.71. The molecule has 1 heterocycles. The maximum Gasteiger partial charge on any atom is 0.290 e. The molecule has 0 aromatic carbocycles. The molecule has 4 heteroatoms. The first kappa shape index (κ1) is 8.05. The minimum Gasteiger partial charge on any atom is -0.329 e. The number of hydrogen-bond donors (Lipinski definition) is 0. The molecule has 3 nitrogen and oxygen atoms in total. The number of rotatable bonds is 2. The predicted molar refractivity (Wildman–Crippen MR) is 41.6 cm³/mol. The van der Waals surface area contributed by atoms with Crippen molar-refractivity contribution >= 4 is 19.2 Å². The van der Waals surface area contributed by atoms with Crippen LogP contribution in [0, 0.1) is 5.92 Å². The van der Waals surface area contributed by atoms with Crippen molar-refractivity contribution in [2.45, 2.75) is 13.3 Å². The number of nitrogens with zero attached hydrogens (tertiary/aromatic N) is 1. The lowest BCUT2D eigenvalue weighted by atomic mass is 9.92. The van der Waals surface area contributed by atoms with Crippen molar-refractivity contribution in [1.82, 2.24) is 4.81 Å². The normalized spacial score (nSPS) is 24.1. The van der Waals surface area contributed by atoms with E-state index in [-0.39, 0.29) is 17.7 Å². The fourth-order valence-corrected chi connectivity index (χ4v) is 1.07. The average Bonchev–Trinajstić information content (AvgIpc) is 2.17. The second-order valence-electron chi connectivity index (χ2n) is 2.59. The van der Waals surface area contributed by atoms with E-state index in [1.807, 2.05) is 0 Å². The second kappa shape index (κ2) is 2.90. The molecule has 0 aromatic heterocycles. The van der Waals surface area contributed by atoms with Gasteiger partial charge < -0.3 is 4.81 Å². The zero-order valence-corrected chi connectivity index (χ0v) is 6.41. The Kier molecular flexibility index (Phi) is 2.12. The minimum atomic E-state index is -0.168. The highest BCUT2D eigenvalue weighted by Gasteiger charge is 2.34. The third-order valence-electron chi connectivity index (χ3n) is 1.66. The number of carbonyl (C=O) groups is 2. The average molecular weight is 150 g/mol. The van der Waals surface area contributed by atoms with E-state index in [1.165, 1.54) is 13.4 Å². The molecular weight excluding hydrogens is 141 g/mol. The molecule has 1 radical (unpaired) electrons. The maximum absolute atomic E-state index is 11.1. The Bertz CT molecular complexity index is 214. The van der Waals surface area contributed by atoms with Crippen LogP contribution in [0.1, 0.15) is 13.3 Å². The van der Waals surface area contributed by atoms with Gasteiger partial charge in [0.25, 0.3) is 7.41 Å². The van der Waals surface area contributed by atoms with Crippen LogP contribution in [0.15, 0.2) is 12.6 Å². The van der Waals surface area contributed by atoms with Crippen molar-refractivity contribution in [3.8, 4) is 0 Å².